The van der Waals surface area contributed by atoms with Gasteiger partial charge in [0.25, 0.3) is 0 Å². The zero-order chi connectivity index (χ0) is 27.9. The third-order valence-electron chi connectivity index (χ3n) is 7.52. The predicted octanol–water partition coefficient (Wildman–Crippen LogP) is 9.58. The van der Waals surface area contributed by atoms with E-state index >= 15 is 0 Å². The van der Waals surface area contributed by atoms with Crippen molar-refractivity contribution in [2.45, 2.75) is 131 Å². The first kappa shape index (κ1) is 31.9. The van der Waals surface area contributed by atoms with Crippen LogP contribution in [0.1, 0.15) is 107 Å². The molecule has 2 aromatic rings. The summed E-state index contributed by atoms with van der Waals surface area (Å²) in [5.41, 5.74) is 5.08. The second-order valence-corrected chi connectivity index (χ2v) is 11.5. The molecule has 214 valence electrons. The molecule has 0 aliphatic heterocycles. The number of benzene rings is 2. The third-order valence-corrected chi connectivity index (χ3v) is 7.52. The van der Waals surface area contributed by atoms with Gasteiger partial charge in [-0.15, -0.1) is 0 Å². The van der Waals surface area contributed by atoms with Crippen molar-refractivity contribution < 1.29 is 0 Å². The van der Waals surface area contributed by atoms with Gasteiger partial charge in [0.05, 0.1) is 0 Å². The van der Waals surface area contributed by atoms with E-state index < -0.39 is 0 Å². The lowest BCUT2D eigenvalue weighted by Crippen LogP contribution is -2.41. The van der Waals surface area contributed by atoms with Gasteiger partial charge in [0.2, 0.25) is 0 Å². The van der Waals surface area contributed by atoms with E-state index in [0.29, 0.717) is 24.2 Å². The maximum Gasteiger partial charge on any atom is 0.0370 e. The first-order chi connectivity index (χ1) is 18.3. The Morgan fingerprint density at radius 3 is 1.03 bits per heavy atom. The lowest BCUT2D eigenvalue weighted by atomic mass is 10.1. The Morgan fingerprint density at radius 2 is 0.789 bits per heavy atom. The maximum atomic E-state index is 3.76. The molecule has 0 atom stereocenters. The van der Waals surface area contributed by atoms with Gasteiger partial charge in [-0.25, -0.2) is 0 Å². The van der Waals surface area contributed by atoms with Crippen molar-refractivity contribution in [2.75, 3.05) is 33.5 Å². The minimum absolute atomic E-state index is 0.441. The molecule has 0 aliphatic rings. The fourth-order valence-electron chi connectivity index (χ4n) is 5.53. The Hall–Kier alpha value is -2.36. The summed E-state index contributed by atoms with van der Waals surface area (Å²) in [7, 11) is 0. The number of rotatable bonds is 19. The van der Waals surface area contributed by atoms with Crippen LogP contribution in [0.4, 0.5) is 22.7 Å². The average molecular weight is 523 g/mol. The minimum atomic E-state index is 0.441. The van der Waals surface area contributed by atoms with Gasteiger partial charge >= 0.3 is 0 Å². The molecule has 4 nitrogen and oxygen atoms in total. The molecular formula is C34H58N4. The first-order valence-electron chi connectivity index (χ1n) is 15.6. The SMILES string of the molecule is CCCC(CCC)Nc1ccc(N(CCN(c2ccc(NC(CCC)CCC)cc2)C(C)C)C(C)C)cc1. The summed E-state index contributed by atoms with van der Waals surface area (Å²) < 4.78 is 0. The summed E-state index contributed by atoms with van der Waals surface area (Å²) in [4.78, 5) is 5.06. The van der Waals surface area contributed by atoms with Crippen LogP contribution in [0.3, 0.4) is 0 Å². The van der Waals surface area contributed by atoms with Crippen LogP contribution in [0, 0.1) is 0 Å². The predicted molar refractivity (Wildman–Crippen MR) is 172 cm³/mol. The summed E-state index contributed by atoms with van der Waals surface area (Å²) in [6.07, 6.45) is 9.81. The van der Waals surface area contributed by atoms with Crippen LogP contribution >= 0.6 is 0 Å². The Bertz CT molecular complexity index is 774. The summed E-state index contributed by atoms with van der Waals surface area (Å²) in [6, 6.07) is 20.2. The molecule has 0 saturated carbocycles. The van der Waals surface area contributed by atoms with Gasteiger partial charge in [-0.3, -0.25) is 0 Å². The van der Waals surface area contributed by atoms with Crippen molar-refractivity contribution >= 4 is 22.7 Å². The number of nitrogens with zero attached hydrogens (tertiary/aromatic N) is 2. The van der Waals surface area contributed by atoms with E-state index in [0.717, 1.165) is 13.1 Å². The largest absolute Gasteiger partial charge is 0.382 e. The highest BCUT2D eigenvalue weighted by atomic mass is 15.2. The number of anilines is 4. The second-order valence-electron chi connectivity index (χ2n) is 11.5. The molecule has 2 rings (SSSR count). The molecule has 0 aromatic heterocycles. The standard InChI is InChI=1S/C34H58N4/c1-9-13-29(14-10-2)35-31-17-21-33(22-18-31)37(27(5)6)25-26-38(28(7)8)34-23-19-32(20-24-34)36-30(15-11-3)16-12-4/h17-24,27-30,35-36H,9-16,25-26H2,1-8H3. The van der Waals surface area contributed by atoms with Crippen LogP contribution in [0.25, 0.3) is 0 Å². The van der Waals surface area contributed by atoms with Crippen LogP contribution in [-0.2, 0) is 0 Å². The highest BCUT2D eigenvalue weighted by Gasteiger charge is 2.16. The Morgan fingerprint density at radius 1 is 0.500 bits per heavy atom. The number of hydrogen-bond donors (Lipinski definition) is 2. The molecule has 0 amide bonds. The molecule has 2 aromatic carbocycles. The molecular weight excluding hydrogens is 464 g/mol. The molecule has 0 unspecified atom stereocenters. The van der Waals surface area contributed by atoms with Gasteiger partial charge < -0.3 is 20.4 Å². The zero-order valence-electron chi connectivity index (χ0n) is 25.9. The van der Waals surface area contributed by atoms with Gasteiger partial charge in [-0.2, -0.15) is 0 Å². The molecule has 0 heterocycles. The fraction of sp³-hybridized carbons (Fsp3) is 0.647. The summed E-state index contributed by atoms with van der Waals surface area (Å²) >= 11 is 0. The fourth-order valence-corrected chi connectivity index (χ4v) is 5.53. The van der Waals surface area contributed by atoms with E-state index in [-0.39, 0.29) is 0 Å². The zero-order valence-corrected chi connectivity index (χ0v) is 25.9. The monoisotopic (exact) mass is 522 g/mol. The highest BCUT2D eigenvalue weighted by Crippen LogP contribution is 2.25. The molecule has 0 aliphatic carbocycles. The van der Waals surface area contributed by atoms with E-state index in [1.54, 1.807) is 0 Å². The van der Waals surface area contributed by atoms with E-state index in [9.17, 15) is 0 Å². The van der Waals surface area contributed by atoms with Crippen molar-refractivity contribution in [3.8, 4) is 0 Å². The van der Waals surface area contributed by atoms with Crippen LogP contribution in [0.2, 0.25) is 0 Å². The Labute approximate surface area is 235 Å². The lowest BCUT2D eigenvalue weighted by Gasteiger charge is -2.35. The molecule has 0 radical (unpaired) electrons. The quantitative estimate of drug-likeness (QED) is 0.192. The van der Waals surface area contributed by atoms with Gasteiger partial charge in [0.1, 0.15) is 0 Å². The van der Waals surface area contributed by atoms with Crippen LogP contribution in [0.15, 0.2) is 48.5 Å². The molecule has 0 fully saturated rings. The van der Waals surface area contributed by atoms with E-state index in [4.69, 9.17) is 0 Å². The van der Waals surface area contributed by atoms with Crippen LogP contribution in [-0.4, -0.2) is 37.3 Å². The van der Waals surface area contributed by atoms with Crippen molar-refractivity contribution in [3.05, 3.63) is 48.5 Å². The molecule has 0 spiro atoms. The second kappa shape index (κ2) is 17.3. The normalized spacial score (nSPS) is 11.6. The Kier molecular flexibility index (Phi) is 14.5. The average Bonchev–Trinajstić information content (AvgIpc) is 2.88. The molecule has 0 bridgehead atoms. The van der Waals surface area contributed by atoms with E-state index in [1.807, 2.05) is 0 Å². The van der Waals surface area contributed by atoms with E-state index in [1.165, 1.54) is 74.1 Å². The van der Waals surface area contributed by atoms with Crippen molar-refractivity contribution in [2.24, 2.45) is 0 Å². The summed E-state index contributed by atoms with van der Waals surface area (Å²) in [5.74, 6) is 0. The first-order valence-corrected chi connectivity index (χ1v) is 15.6. The van der Waals surface area contributed by atoms with Crippen molar-refractivity contribution in [1.29, 1.82) is 0 Å². The van der Waals surface area contributed by atoms with Crippen LogP contribution < -0.4 is 20.4 Å². The molecule has 4 heteroatoms. The topological polar surface area (TPSA) is 30.5 Å². The Balaban J connectivity index is 2.07. The van der Waals surface area contributed by atoms with Crippen molar-refractivity contribution in [3.63, 3.8) is 0 Å². The third kappa shape index (κ3) is 10.4. The number of nitrogens with one attached hydrogen (secondary N) is 2. The number of hydrogen-bond acceptors (Lipinski definition) is 4. The smallest absolute Gasteiger partial charge is 0.0370 e. The maximum absolute atomic E-state index is 3.76. The van der Waals surface area contributed by atoms with Crippen LogP contribution in [0.5, 0.6) is 0 Å². The van der Waals surface area contributed by atoms with E-state index in [2.05, 4.69) is 124 Å². The van der Waals surface area contributed by atoms with Crippen molar-refractivity contribution in [1.82, 2.24) is 0 Å². The highest BCUT2D eigenvalue weighted by molar-refractivity contribution is 5.58. The van der Waals surface area contributed by atoms with Gasteiger partial charge in [-0.1, -0.05) is 53.4 Å². The van der Waals surface area contributed by atoms with Gasteiger partial charge in [-0.05, 0) is 102 Å². The summed E-state index contributed by atoms with van der Waals surface area (Å²) in [5, 5.41) is 7.52. The van der Waals surface area contributed by atoms with Gasteiger partial charge in [0.15, 0.2) is 0 Å². The van der Waals surface area contributed by atoms with Gasteiger partial charge in [0, 0.05) is 60.0 Å². The molecule has 0 saturated heterocycles. The summed E-state index contributed by atoms with van der Waals surface area (Å²) in [6.45, 7) is 20.3. The molecule has 2 N–H and O–H groups in total. The molecule has 38 heavy (non-hydrogen) atoms. The lowest BCUT2D eigenvalue weighted by molar-refractivity contribution is 0.586. The minimum Gasteiger partial charge on any atom is -0.382 e.